The third-order valence-corrected chi connectivity index (χ3v) is 3.03. The molecule has 1 saturated carbocycles. The molecule has 6 N–H and O–H groups in total. The Morgan fingerprint density at radius 2 is 2.15 bits per heavy atom. The van der Waals surface area contributed by atoms with Crippen molar-refractivity contribution in [1.29, 1.82) is 0 Å². The first-order valence-corrected chi connectivity index (χ1v) is 6.65. The Morgan fingerprint density at radius 1 is 1.40 bits per heavy atom. The fraction of sp³-hybridized carbons (Fsp3) is 0.462. The van der Waals surface area contributed by atoms with E-state index in [2.05, 4.69) is 15.6 Å². The molecule has 0 aromatic carbocycles. The van der Waals surface area contributed by atoms with Crippen LogP contribution in [0.25, 0.3) is 0 Å². The highest BCUT2D eigenvalue weighted by atomic mass is 16.2. The molecule has 108 valence electrons. The summed E-state index contributed by atoms with van der Waals surface area (Å²) >= 11 is 0. The molecule has 1 heterocycles. The lowest BCUT2D eigenvalue weighted by atomic mass is 10.2. The molecule has 1 aliphatic rings. The lowest BCUT2D eigenvalue weighted by molar-refractivity contribution is -0.121. The number of nitrogens with zero attached hydrogens (tertiary/aromatic N) is 1. The summed E-state index contributed by atoms with van der Waals surface area (Å²) in [4.78, 5) is 26.6. The monoisotopic (exact) mass is 277 g/mol. The van der Waals surface area contributed by atoms with Gasteiger partial charge in [0.25, 0.3) is 5.91 Å². The van der Waals surface area contributed by atoms with Gasteiger partial charge >= 0.3 is 0 Å². The Kier molecular flexibility index (Phi) is 4.39. The van der Waals surface area contributed by atoms with Gasteiger partial charge in [-0.15, -0.1) is 0 Å². The van der Waals surface area contributed by atoms with Crippen molar-refractivity contribution in [2.24, 2.45) is 5.73 Å². The van der Waals surface area contributed by atoms with Gasteiger partial charge in [-0.25, -0.2) is 4.98 Å². The van der Waals surface area contributed by atoms with E-state index in [4.69, 9.17) is 11.5 Å². The van der Waals surface area contributed by atoms with E-state index in [0.717, 1.165) is 12.8 Å². The maximum atomic E-state index is 11.5. The fourth-order valence-electron chi connectivity index (χ4n) is 1.77. The van der Waals surface area contributed by atoms with Crippen molar-refractivity contribution in [2.45, 2.75) is 31.7 Å². The van der Waals surface area contributed by atoms with Crippen LogP contribution in [0.4, 0.5) is 11.5 Å². The summed E-state index contributed by atoms with van der Waals surface area (Å²) in [6.45, 7) is 0.590. The molecular weight excluding hydrogens is 258 g/mol. The van der Waals surface area contributed by atoms with E-state index >= 15 is 0 Å². The fourth-order valence-corrected chi connectivity index (χ4v) is 1.77. The molecule has 7 heteroatoms. The van der Waals surface area contributed by atoms with Crippen LogP contribution < -0.4 is 22.1 Å². The summed E-state index contributed by atoms with van der Waals surface area (Å²) in [7, 11) is 0. The largest absolute Gasteiger partial charge is 0.397 e. The summed E-state index contributed by atoms with van der Waals surface area (Å²) in [5, 5.41) is 5.96. The zero-order chi connectivity index (χ0) is 14.5. The summed E-state index contributed by atoms with van der Waals surface area (Å²) < 4.78 is 0. The number of pyridine rings is 1. The Hall–Kier alpha value is -2.31. The minimum atomic E-state index is -0.586. The van der Waals surface area contributed by atoms with E-state index in [1.54, 1.807) is 0 Å². The first-order chi connectivity index (χ1) is 9.56. The number of amides is 2. The molecule has 2 amide bonds. The molecule has 0 unspecified atom stereocenters. The molecule has 1 aromatic heterocycles. The molecule has 0 bridgehead atoms. The lowest BCUT2D eigenvalue weighted by Gasteiger charge is -2.08. The number of hydrogen-bond donors (Lipinski definition) is 4. The van der Waals surface area contributed by atoms with E-state index in [9.17, 15) is 9.59 Å². The van der Waals surface area contributed by atoms with Crippen LogP contribution in [-0.4, -0.2) is 29.4 Å². The van der Waals surface area contributed by atoms with Crippen LogP contribution in [0.2, 0.25) is 0 Å². The average molecular weight is 277 g/mol. The zero-order valence-electron chi connectivity index (χ0n) is 11.2. The summed E-state index contributed by atoms with van der Waals surface area (Å²) in [5.74, 6) is 0.0183. The first-order valence-electron chi connectivity index (χ1n) is 6.65. The van der Waals surface area contributed by atoms with Crippen molar-refractivity contribution < 1.29 is 9.59 Å². The minimum Gasteiger partial charge on any atom is -0.397 e. The summed E-state index contributed by atoms with van der Waals surface area (Å²) in [6, 6.07) is 1.91. The van der Waals surface area contributed by atoms with E-state index in [0.29, 0.717) is 31.2 Å². The maximum Gasteiger partial charge on any atom is 0.250 e. The topological polar surface area (TPSA) is 123 Å². The number of nitrogens with one attached hydrogen (secondary N) is 2. The van der Waals surface area contributed by atoms with Gasteiger partial charge in [0.05, 0.1) is 17.4 Å². The Morgan fingerprint density at radius 3 is 2.80 bits per heavy atom. The predicted octanol–water partition coefficient (Wildman–Crippen LogP) is 0.233. The highest BCUT2D eigenvalue weighted by Gasteiger charge is 2.22. The second-order valence-corrected chi connectivity index (χ2v) is 4.89. The Labute approximate surface area is 117 Å². The van der Waals surface area contributed by atoms with Crippen LogP contribution in [0.15, 0.2) is 12.3 Å². The molecule has 0 atom stereocenters. The number of anilines is 2. The number of hydrogen-bond acceptors (Lipinski definition) is 5. The SMILES string of the molecule is NC(=O)c1cc(NCCCC(=O)NC2CC2)ncc1N. The van der Waals surface area contributed by atoms with Gasteiger partial charge in [-0.3, -0.25) is 9.59 Å². The average Bonchev–Trinajstić information content (AvgIpc) is 3.20. The number of nitrogens with two attached hydrogens (primary N) is 2. The highest BCUT2D eigenvalue weighted by Crippen LogP contribution is 2.18. The first kappa shape index (κ1) is 14.1. The van der Waals surface area contributed by atoms with Crippen molar-refractivity contribution in [2.75, 3.05) is 17.6 Å². The van der Waals surface area contributed by atoms with Gasteiger partial charge in [0.1, 0.15) is 5.82 Å². The van der Waals surface area contributed by atoms with Gasteiger partial charge in [0.2, 0.25) is 5.91 Å². The van der Waals surface area contributed by atoms with Crippen LogP contribution in [-0.2, 0) is 4.79 Å². The van der Waals surface area contributed by atoms with Crippen LogP contribution in [0.3, 0.4) is 0 Å². The third-order valence-electron chi connectivity index (χ3n) is 3.03. The number of rotatable bonds is 7. The number of carbonyl (C=O) groups excluding carboxylic acids is 2. The van der Waals surface area contributed by atoms with Gasteiger partial charge in [0.15, 0.2) is 0 Å². The Balaban J connectivity index is 1.74. The van der Waals surface area contributed by atoms with Gasteiger partial charge < -0.3 is 22.1 Å². The van der Waals surface area contributed by atoms with Gasteiger partial charge in [-0.1, -0.05) is 0 Å². The van der Waals surface area contributed by atoms with Gasteiger partial charge in [0, 0.05) is 19.0 Å². The number of nitrogen functional groups attached to an aromatic ring is 1. The van der Waals surface area contributed by atoms with Crippen molar-refractivity contribution in [3.8, 4) is 0 Å². The van der Waals surface area contributed by atoms with Gasteiger partial charge in [-0.2, -0.15) is 0 Å². The molecule has 1 fully saturated rings. The number of carbonyl (C=O) groups is 2. The summed E-state index contributed by atoms with van der Waals surface area (Å²) in [5.41, 5.74) is 11.3. The predicted molar refractivity (Wildman–Crippen MR) is 76.1 cm³/mol. The minimum absolute atomic E-state index is 0.0809. The lowest BCUT2D eigenvalue weighted by Crippen LogP contribution is -2.25. The molecule has 2 rings (SSSR count). The van der Waals surface area contributed by atoms with Crippen molar-refractivity contribution in [3.63, 3.8) is 0 Å². The second-order valence-electron chi connectivity index (χ2n) is 4.89. The standard InChI is InChI=1S/C13H19N5O2/c14-10-7-17-11(6-9(10)13(15)20)16-5-1-2-12(19)18-8-3-4-8/h6-8H,1-5,14H2,(H2,15,20)(H,16,17)(H,18,19). The van der Waals surface area contributed by atoms with Gasteiger partial charge in [-0.05, 0) is 25.3 Å². The van der Waals surface area contributed by atoms with Crippen molar-refractivity contribution in [3.05, 3.63) is 17.8 Å². The third kappa shape index (κ3) is 4.11. The Bertz CT molecular complexity index is 513. The van der Waals surface area contributed by atoms with Crippen molar-refractivity contribution >= 4 is 23.3 Å². The van der Waals surface area contributed by atoms with E-state index < -0.39 is 5.91 Å². The smallest absolute Gasteiger partial charge is 0.250 e. The molecular formula is C13H19N5O2. The molecule has 7 nitrogen and oxygen atoms in total. The highest BCUT2D eigenvalue weighted by molar-refractivity contribution is 5.98. The molecule has 0 saturated heterocycles. The van der Waals surface area contributed by atoms with Crippen LogP contribution in [0.5, 0.6) is 0 Å². The zero-order valence-corrected chi connectivity index (χ0v) is 11.2. The quantitative estimate of drug-likeness (QED) is 0.531. The normalized spacial score (nSPS) is 13.8. The van der Waals surface area contributed by atoms with Crippen LogP contribution >= 0.6 is 0 Å². The molecule has 0 aliphatic heterocycles. The van der Waals surface area contributed by atoms with Crippen LogP contribution in [0.1, 0.15) is 36.0 Å². The molecule has 20 heavy (non-hydrogen) atoms. The number of primary amides is 1. The molecule has 0 radical (unpaired) electrons. The molecule has 0 spiro atoms. The van der Waals surface area contributed by atoms with E-state index in [1.165, 1.54) is 12.3 Å². The second kappa shape index (κ2) is 6.23. The van der Waals surface area contributed by atoms with Crippen molar-refractivity contribution in [1.82, 2.24) is 10.3 Å². The maximum absolute atomic E-state index is 11.5. The molecule has 1 aliphatic carbocycles. The van der Waals surface area contributed by atoms with E-state index in [-0.39, 0.29) is 17.2 Å². The van der Waals surface area contributed by atoms with Crippen LogP contribution in [0, 0.1) is 0 Å². The number of aromatic nitrogens is 1. The van der Waals surface area contributed by atoms with E-state index in [1.807, 2.05) is 0 Å². The molecule has 1 aromatic rings. The summed E-state index contributed by atoms with van der Waals surface area (Å²) in [6.07, 6.45) is 4.74.